The predicted octanol–water partition coefficient (Wildman–Crippen LogP) is 2.51. The van der Waals surface area contributed by atoms with Crippen LogP contribution in [0.15, 0.2) is 24.3 Å². The SMILES string of the molecule is COc1ccccc1N1CCC(C)(C)C(CN)C1. The number of rotatable bonds is 3. The van der Waals surface area contributed by atoms with Gasteiger partial charge in [-0.15, -0.1) is 0 Å². The van der Waals surface area contributed by atoms with E-state index in [0.717, 1.165) is 25.4 Å². The fraction of sp³-hybridized carbons (Fsp3) is 0.600. The molecular formula is C15H24N2O. The zero-order chi connectivity index (χ0) is 13.2. The van der Waals surface area contributed by atoms with E-state index in [9.17, 15) is 0 Å². The average Bonchev–Trinajstić information content (AvgIpc) is 2.38. The van der Waals surface area contributed by atoms with Crippen LogP contribution in [-0.2, 0) is 0 Å². The van der Waals surface area contributed by atoms with Gasteiger partial charge in [-0.3, -0.25) is 0 Å². The number of nitrogens with two attached hydrogens (primary N) is 1. The molecule has 2 N–H and O–H groups in total. The fourth-order valence-corrected chi connectivity index (χ4v) is 2.74. The molecule has 0 spiro atoms. The van der Waals surface area contributed by atoms with Crippen molar-refractivity contribution in [2.24, 2.45) is 17.1 Å². The first-order valence-electron chi connectivity index (χ1n) is 6.66. The molecule has 0 saturated carbocycles. The van der Waals surface area contributed by atoms with Gasteiger partial charge in [-0.2, -0.15) is 0 Å². The minimum atomic E-state index is 0.341. The molecule has 1 heterocycles. The van der Waals surface area contributed by atoms with E-state index >= 15 is 0 Å². The Morgan fingerprint density at radius 3 is 2.78 bits per heavy atom. The van der Waals surface area contributed by atoms with E-state index in [4.69, 9.17) is 10.5 Å². The number of benzene rings is 1. The van der Waals surface area contributed by atoms with Gasteiger partial charge in [0.2, 0.25) is 0 Å². The highest BCUT2D eigenvalue weighted by molar-refractivity contribution is 5.58. The molecule has 2 rings (SSSR count). The van der Waals surface area contributed by atoms with E-state index in [1.165, 1.54) is 12.1 Å². The third-order valence-electron chi connectivity index (χ3n) is 4.28. The summed E-state index contributed by atoms with van der Waals surface area (Å²) < 4.78 is 5.45. The van der Waals surface area contributed by atoms with Gasteiger partial charge in [0, 0.05) is 13.1 Å². The molecule has 3 nitrogen and oxygen atoms in total. The summed E-state index contributed by atoms with van der Waals surface area (Å²) in [4.78, 5) is 2.40. The number of ether oxygens (including phenoxy) is 1. The number of para-hydroxylation sites is 2. The highest BCUT2D eigenvalue weighted by Crippen LogP contribution is 2.38. The van der Waals surface area contributed by atoms with Crippen LogP contribution in [0.1, 0.15) is 20.3 Å². The molecule has 1 aliphatic rings. The standard InChI is InChI=1S/C15H24N2O/c1-15(2)8-9-17(11-12(15)10-16)13-6-4-5-7-14(13)18-3/h4-7,12H,8-11,16H2,1-3H3. The maximum Gasteiger partial charge on any atom is 0.142 e. The van der Waals surface area contributed by atoms with Crippen LogP contribution in [0.3, 0.4) is 0 Å². The third-order valence-corrected chi connectivity index (χ3v) is 4.28. The minimum Gasteiger partial charge on any atom is -0.495 e. The summed E-state index contributed by atoms with van der Waals surface area (Å²) in [6, 6.07) is 8.23. The Labute approximate surface area is 110 Å². The molecule has 0 bridgehead atoms. The second-order valence-corrected chi connectivity index (χ2v) is 5.79. The summed E-state index contributed by atoms with van der Waals surface area (Å²) in [5, 5.41) is 0. The Morgan fingerprint density at radius 1 is 1.39 bits per heavy atom. The Hall–Kier alpha value is -1.22. The molecular weight excluding hydrogens is 224 g/mol. The van der Waals surface area contributed by atoms with E-state index < -0.39 is 0 Å². The van der Waals surface area contributed by atoms with Crippen LogP contribution >= 0.6 is 0 Å². The molecule has 0 amide bonds. The van der Waals surface area contributed by atoms with Crippen molar-refractivity contribution in [3.8, 4) is 5.75 Å². The number of methoxy groups -OCH3 is 1. The lowest BCUT2D eigenvalue weighted by Gasteiger charge is -2.44. The quantitative estimate of drug-likeness (QED) is 0.893. The average molecular weight is 248 g/mol. The molecule has 1 unspecified atom stereocenters. The van der Waals surface area contributed by atoms with Crippen molar-refractivity contribution in [2.75, 3.05) is 31.6 Å². The largest absolute Gasteiger partial charge is 0.495 e. The number of nitrogens with zero attached hydrogens (tertiary/aromatic N) is 1. The lowest BCUT2D eigenvalue weighted by atomic mass is 9.73. The number of hydrogen-bond donors (Lipinski definition) is 1. The van der Waals surface area contributed by atoms with Crippen LogP contribution in [0.4, 0.5) is 5.69 Å². The molecule has 18 heavy (non-hydrogen) atoms. The molecule has 1 saturated heterocycles. The van der Waals surface area contributed by atoms with Gasteiger partial charge in [-0.25, -0.2) is 0 Å². The Bertz CT molecular complexity index is 403. The van der Waals surface area contributed by atoms with Gasteiger partial charge in [0.1, 0.15) is 5.75 Å². The van der Waals surface area contributed by atoms with Gasteiger partial charge in [0.25, 0.3) is 0 Å². The highest BCUT2D eigenvalue weighted by Gasteiger charge is 2.35. The zero-order valence-electron chi connectivity index (χ0n) is 11.6. The van der Waals surface area contributed by atoms with Crippen molar-refractivity contribution in [2.45, 2.75) is 20.3 Å². The van der Waals surface area contributed by atoms with Crippen molar-refractivity contribution in [3.63, 3.8) is 0 Å². The topological polar surface area (TPSA) is 38.5 Å². The van der Waals surface area contributed by atoms with E-state index in [0.29, 0.717) is 11.3 Å². The molecule has 0 aliphatic carbocycles. The fourth-order valence-electron chi connectivity index (χ4n) is 2.74. The molecule has 1 aliphatic heterocycles. The summed E-state index contributed by atoms with van der Waals surface area (Å²) in [5.41, 5.74) is 7.46. The Kier molecular flexibility index (Phi) is 3.81. The normalized spacial score (nSPS) is 22.9. The van der Waals surface area contributed by atoms with Crippen molar-refractivity contribution in [1.82, 2.24) is 0 Å². The molecule has 0 aromatic heterocycles. The van der Waals surface area contributed by atoms with Crippen molar-refractivity contribution in [3.05, 3.63) is 24.3 Å². The maximum absolute atomic E-state index is 5.93. The van der Waals surface area contributed by atoms with Crippen LogP contribution in [0.2, 0.25) is 0 Å². The Balaban J connectivity index is 2.20. The number of anilines is 1. The molecule has 1 fully saturated rings. The molecule has 3 heteroatoms. The zero-order valence-corrected chi connectivity index (χ0v) is 11.6. The summed E-state index contributed by atoms with van der Waals surface area (Å²) in [6.07, 6.45) is 1.17. The smallest absolute Gasteiger partial charge is 0.142 e. The highest BCUT2D eigenvalue weighted by atomic mass is 16.5. The van der Waals surface area contributed by atoms with Crippen LogP contribution in [0.5, 0.6) is 5.75 Å². The first kappa shape index (κ1) is 13.2. The lowest BCUT2D eigenvalue weighted by Crippen LogP contribution is -2.47. The summed E-state index contributed by atoms with van der Waals surface area (Å²) in [6.45, 7) is 7.49. The van der Waals surface area contributed by atoms with Crippen LogP contribution in [0.25, 0.3) is 0 Å². The third kappa shape index (κ3) is 2.46. The number of piperidine rings is 1. The van der Waals surface area contributed by atoms with Crippen molar-refractivity contribution in [1.29, 1.82) is 0 Å². The second-order valence-electron chi connectivity index (χ2n) is 5.79. The van der Waals surface area contributed by atoms with E-state index in [1.54, 1.807) is 7.11 Å². The summed E-state index contributed by atoms with van der Waals surface area (Å²) >= 11 is 0. The monoisotopic (exact) mass is 248 g/mol. The Morgan fingerprint density at radius 2 is 2.11 bits per heavy atom. The minimum absolute atomic E-state index is 0.341. The van der Waals surface area contributed by atoms with Crippen LogP contribution in [-0.4, -0.2) is 26.7 Å². The van der Waals surface area contributed by atoms with Gasteiger partial charge in [0.15, 0.2) is 0 Å². The van der Waals surface area contributed by atoms with Crippen LogP contribution in [0, 0.1) is 11.3 Å². The van der Waals surface area contributed by atoms with E-state index in [2.05, 4.69) is 30.9 Å². The molecule has 100 valence electrons. The predicted molar refractivity (Wildman–Crippen MR) is 76.1 cm³/mol. The van der Waals surface area contributed by atoms with Crippen molar-refractivity contribution >= 4 is 5.69 Å². The maximum atomic E-state index is 5.93. The molecule has 1 aromatic carbocycles. The molecule has 1 atom stereocenters. The van der Waals surface area contributed by atoms with E-state index in [1.807, 2.05) is 12.1 Å². The van der Waals surface area contributed by atoms with Gasteiger partial charge in [0.05, 0.1) is 12.8 Å². The lowest BCUT2D eigenvalue weighted by molar-refractivity contribution is 0.176. The summed E-state index contributed by atoms with van der Waals surface area (Å²) in [5.74, 6) is 1.49. The van der Waals surface area contributed by atoms with Gasteiger partial charge >= 0.3 is 0 Å². The van der Waals surface area contributed by atoms with Crippen LogP contribution < -0.4 is 15.4 Å². The molecule has 0 radical (unpaired) electrons. The van der Waals surface area contributed by atoms with Gasteiger partial charge < -0.3 is 15.4 Å². The second kappa shape index (κ2) is 5.19. The summed E-state index contributed by atoms with van der Waals surface area (Å²) in [7, 11) is 1.73. The first-order valence-corrected chi connectivity index (χ1v) is 6.66. The number of hydrogen-bond acceptors (Lipinski definition) is 3. The molecule has 1 aromatic rings. The first-order chi connectivity index (χ1) is 8.58. The van der Waals surface area contributed by atoms with Crippen molar-refractivity contribution < 1.29 is 4.74 Å². The van der Waals surface area contributed by atoms with Gasteiger partial charge in [-0.05, 0) is 36.4 Å². The van der Waals surface area contributed by atoms with Gasteiger partial charge in [-0.1, -0.05) is 26.0 Å². The van der Waals surface area contributed by atoms with E-state index in [-0.39, 0.29) is 0 Å².